The SMILES string of the molecule is O=C(Oc1c(-c2ccco2)oc2ccccc2c1=O)c1ccccc1. The Morgan fingerprint density at radius 2 is 1.64 bits per heavy atom. The molecular weight excluding hydrogens is 320 g/mol. The summed E-state index contributed by atoms with van der Waals surface area (Å²) in [5.41, 5.74) is 0.288. The normalized spacial score (nSPS) is 10.7. The van der Waals surface area contributed by atoms with Crippen molar-refractivity contribution in [1.82, 2.24) is 0 Å². The van der Waals surface area contributed by atoms with E-state index in [0.717, 1.165) is 0 Å². The maximum absolute atomic E-state index is 12.8. The zero-order chi connectivity index (χ0) is 17.2. The first-order chi connectivity index (χ1) is 12.2. The summed E-state index contributed by atoms with van der Waals surface area (Å²) in [6.07, 6.45) is 1.45. The van der Waals surface area contributed by atoms with Crippen molar-refractivity contribution in [1.29, 1.82) is 0 Å². The Bertz CT molecular complexity index is 1090. The number of hydrogen-bond donors (Lipinski definition) is 0. The van der Waals surface area contributed by atoms with Gasteiger partial charge in [-0.3, -0.25) is 4.79 Å². The van der Waals surface area contributed by atoms with Gasteiger partial charge in [0.25, 0.3) is 0 Å². The maximum atomic E-state index is 12.8. The van der Waals surface area contributed by atoms with Crippen LogP contribution in [0.3, 0.4) is 0 Å². The lowest BCUT2D eigenvalue weighted by Gasteiger charge is -2.09. The minimum Gasteiger partial charge on any atom is -0.461 e. The van der Waals surface area contributed by atoms with Crippen molar-refractivity contribution in [3.05, 3.63) is 88.8 Å². The minimum atomic E-state index is -0.643. The van der Waals surface area contributed by atoms with E-state index in [2.05, 4.69) is 0 Å². The van der Waals surface area contributed by atoms with Crippen molar-refractivity contribution in [2.24, 2.45) is 0 Å². The summed E-state index contributed by atoms with van der Waals surface area (Å²) in [5.74, 6) is -0.449. The number of para-hydroxylation sites is 1. The fraction of sp³-hybridized carbons (Fsp3) is 0. The van der Waals surface area contributed by atoms with Crippen LogP contribution in [-0.2, 0) is 0 Å². The Labute approximate surface area is 142 Å². The number of esters is 1. The Kier molecular flexibility index (Phi) is 3.67. The average molecular weight is 332 g/mol. The standard InChI is InChI=1S/C20H12O5/c21-17-14-9-4-5-10-15(14)24-18(16-11-6-12-23-16)19(17)25-20(22)13-7-2-1-3-8-13/h1-12H. The molecule has 0 radical (unpaired) electrons. The highest BCUT2D eigenvalue weighted by Crippen LogP contribution is 2.31. The third-order valence-corrected chi connectivity index (χ3v) is 3.71. The number of carbonyl (C=O) groups is 1. The Morgan fingerprint density at radius 1 is 0.880 bits per heavy atom. The fourth-order valence-corrected chi connectivity index (χ4v) is 2.51. The Morgan fingerprint density at radius 3 is 2.40 bits per heavy atom. The molecule has 0 amide bonds. The molecule has 0 aliphatic carbocycles. The zero-order valence-corrected chi connectivity index (χ0v) is 13.0. The van der Waals surface area contributed by atoms with Gasteiger partial charge in [-0.25, -0.2) is 4.79 Å². The van der Waals surface area contributed by atoms with E-state index in [9.17, 15) is 9.59 Å². The Balaban J connectivity index is 1.89. The largest absolute Gasteiger partial charge is 0.461 e. The zero-order valence-electron chi connectivity index (χ0n) is 13.0. The van der Waals surface area contributed by atoms with E-state index in [-0.39, 0.29) is 11.5 Å². The third-order valence-electron chi connectivity index (χ3n) is 3.71. The van der Waals surface area contributed by atoms with E-state index < -0.39 is 11.4 Å². The number of benzene rings is 2. The smallest absolute Gasteiger partial charge is 0.343 e. The molecule has 5 heteroatoms. The molecule has 0 saturated carbocycles. The van der Waals surface area contributed by atoms with Crippen molar-refractivity contribution in [2.45, 2.75) is 0 Å². The van der Waals surface area contributed by atoms with Crippen LogP contribution in [0.5, 0.6) is 5.75 Å². The summed E-state index contributed by atoms with van der Waals surface area (Å²) >= 11 is 0. The first kappa shape index (κ1) is 15.0. The molecule has 0 aliphatic heterocycles. The van der Waals surface area contributed by atoms with E-state index in [1.165, 1.54) is 6.26 Å². The monoisotopic (exact) mass is 332 g/mol. The summed E-state index contributed by atoms with van der Waals surface area (Å²) < 4.78 is 16.5. The van der Waals surface area contributed by atoms with E-state index in [0.29, 0.717) is 22.3 Å². The summed E-state index contributed by atoms with van der Waals surface area (Å²) in [6.45, 7) is 0. The lowest BCUT2D eigenvalue weighted by Crippen LogP contribution is -2.16. The van der Waals surface area contributed by atoms with Gasteiger partial charge in [0.1, 0.15) is 5.58 Å². The summed E-state index contributed by atoms with van der Waals surface area (Å²) in [4.78, 5) is 25.2. The minimum absolute atomic E-state index is 0.0815. The lowest BCUT2D eigenvalue weighted by atomic mass is 10.2. The van der Waals surface area contributed by atoms with Gasteiger partial charge in [0.05, 0.1) is 17.2 Å². The van der Waals surface area contributed by atoms with Crippen molar-refractivity contribution in [2.75, 3.05) is 0 Å². The first-order valence-corrected chi connectivity index (χ1v) is 7.61. The van der Waals surface area contributed by atoms with E-state index in [4.69, 9.17) is 13.6 Å². The molecule has 122 valence electrons. The molecule has 0 atom stereocenters. The second kappa shape index (κ2) is 6.13. The molecule has 0 saturated heterocycles. The summed E-state index contributed by atoms with van der Waals surface area (Å²) in [6, 6.07) is 18.5. The maximum Gasteiger partial charge on any atom is 0.343 e. The van der Waals surface area contributed by atoms with Gasteiger partial charge >= 0.3 is 5.97 Å². The molecule has 4 rings (SSSR count). The van der Waals surface area contributed by atoms with Gasteiger partial charge in [0, 0.05) is 0 Å². The molecule has 2 aromatic carbocycles. The summed E-state index contributed by atoms with van der Waals surface area (Å²) in [7, 11) is 0. The first-order valence-electron chi connectivity index (χ1n) is 7.61. The van der Waals surface area contributed by atoms with E-state index in [1.54, 1.807) is 66.7 Å². The van der Waals surface area contributed by atoms with Gasteiger partial charge in [-0.2, -0.15) is 0 Å². The number of ether oxygens (including phenoxy) is 1. The third kappa shape index (κ3) is 2.72. The van der Waals surface area contributed by atoms with E-state index in [1.807, 2.05) is 0 Å². The van der Waals surface area contributed by atoms with Crippen LogP contribution in [0.4, 0.5) is 0 Å². The number of hydrogen-bond acceptors (Lipinski definition) is 5. The molecule has 0 aliphatic rings. The van der Waals surface area contributed by atoms with Gasteiger partial charge in [0.15, 0.2) is 5.76 Å². The molecule has 0 fully saturated rings. The van der Waals surface area contributed by atoms with Gasteiger partial charge < -0.3 is 13.6 Å². The second-order valence-corrected chi connectivity index (χ2v) is 5.32. The number of furan rings is 1. The molecular formula is C20H12O5. The number of carbonyl (C=O) groups excluding carboxylic acids is 1. The molecule has 0 N–H and O–H groups in total. The van der Waals surface area contributed by atoms with Crippen LogP contribution < -0.4 is 10.2 Å². The van der Waals surface area contributed by atoms with Crippen molar-refractivity contribution >= 4 is 16.9 Å². The van der Waals surface area contributed by atoms with Crippen LogP contribution in [0.1, 0.15) is 10.4 Å². The van der Waals surface area contributed by atoms with Gasteiger partial charge in [0.2, 0.25) is 16.9 Å². The quantitative estimate of drug-likeness (QED) is 0.524. The molecule has 4 aromatic rings. The van der Waals surface area contributed by atoms with Crippen molar-refractivity contribution < 1.29 is 18.4 Å². The van der Waals surface area contributed by atoms with Gasteiger partial charge in [-0.1, -0.05) is 30.3 Å². The van der Waals surface area contributed by atoms with Crippen LogP contribution in [0.2, 0.25) is 0 Å². The molecule has 25 heavy (non-hydrogen) atoms. The molecule has 0 spiro atoms. The number of fused-ring (bicyclic) bond motifs is 1. The van der Waals surface area contributed by atoms with Crippen LogP contribution >= 0.6 is 0 Å². The van der Waals surface area contributed by atoms with Gasteiger partial charge in [-0.15, -0.1) is 0 Å². The van der Waals surface area contributed by atoms with Gasteiger partial charge in [-0.05, 0) is 36.4 Å². The van der Waals surface area contributed by atoms with Crippen LogP contribution in [-0.4, -0.2) is 5.97 Å². The van der Waals surface area contributed by atoms with Crippen LogP contribution in [0, 0.1) is 0 Å². The van der Waals surface area contributed by atoms with Crippen molar-refractivity contribution in [3.63, 3.8) is 0 Å². The van der Waals surface area contributed by atoms with Crippen molar-refractivity contribution in [3.8, 4) is 17.3 Å². The Hall–Kier alpha value is -3.60. The number of rotatable bonds is 3. The highest BCUT2D eigenvalue weighted by molar-refractivity contribution is 5.92. The average Bonchev–Trinajstić information content (AvgIpc) is 3.19. The second-order valence-electron chi connectivity index (χ2n) is 5.32. The van der Waals surface area contributed by atoms with Crippen LogP contribution in [0.15, 0.2) is 86.6 Å². The molecule has 2 aromatic heterocycles. The summed E-state index contributed by atoms with van der Waals surface area (Å²) in [5, 5.41) is 0.327. The molecule has 2 heterocycles. The fourth-order valence-electron chi connectivity index (χ4n) is 2.51. The molecule has 5 nitrogen and oxygen atoms in total. The predicted molar refractivity (Wildman–Crippen MR) is 91.6 cm³/mol. The predicted octanol–water partition coefficient (Wildman–Crippen LogP) is 4.27. The lowest BCUT2D eigenvalue weighted by molar-refractivity contribution is 0.0731. The molecule has 0 unspecified atom stereocenters. The topological polar surface area (TPSA) is 69.7 Å². The van der Waals surface area contributed by atoms with Crippen LogP contribution in [0.25, 0.3) is 22.5 Å². The highest BCUT2D eigenvalue weighted by Gasteiger charge is 2.22. The van der Waals surface area contributed by atoms with E-state index >= 15 is 0 Å². The molecule has 0 bridgehead atoms. The highest BCUT2D eigenvalue weighted by atomic mass is 16.5.